The van der Waals surface area contributed by atoms with E-state index in [4.69, 9.17) is 14.2 Å². The summed E-state index contributed by atoms with van der Waals surface area (Å²) in [4.78, 5) is 0. The van der Waals surface area contributed by atoms with Crippen LogP contribution >= 0.6 is 0 Å². The molecule has 1 saturated carbocycles. The molecule has 1 saturated heterocycles. The molecule has 2 aliphatic rings. The molecule has 2 fully saturated rings. The van der Waals surface area contributed by atoms with Gasteiger partial charge in [0.1, 0.15) is 5.60 Å². The first-order valence-corrected chi connectivity index (χ1v) is 6.26. The number of hydrogen-bond acceptors (Lipinski definition) is 4. The largest absolute Gasteiger partial charge is 0.378 e. The minimum Gasteiger partial charge on any atom is -0.378 e. The van der Waals surface area contributed by atoms with E-state index >= 15 is 0 Å². The van der Waals surface area contributed by atoms with Crippen molar-refractivity contribution in [2.75, 3.05) is 33.5 Å². The van der Waals surface area contributed by atoms with Crippen molar-refractivity contribution in [3.8, 4) is 0 Å². The predicted molar refractivity (Wildman–Crippen MR) is 61.6 cm³/mol. The van der Waals surface area contributed by atoms with E-state index in [2.05, 4.69) is 12.2 Å². The lowest BCUT2D eigenvalue weighted by molar-refractivity contribution is -0.0369. The summed E-state index contributed by atoms with van der Waals surface area (Å²) < 4.78 is 16.5. The molecule has 0 bridgehead atoms. The Hall–Kier alpha value is -0.160. The zero-order valence-electron chi connectivity index (χ0n) is 10.3. The minimum atomic E-state index is -0.0866. The monoisotopic (exact) mass is 229 g/mol. The van der Waals surface area contributed by atoms with E-state index in [1.807, 2.05) is 0 Å². The highest BCUT2D eigenvalue weighted by Crippen LogP contribution is 2.26. The van der Waals surface area contributed by atoms with Crippen LogP contribution in [0.25, 0.3) is 0 Å². The molecule has 16 heavy (non-hydrogen) atoms. The molecule has 1 atom stereocenters. The van der Waals surface area contributed by atoms with Crippen LogP contribution in [0.15, 0.2) is 0 Å². The van der Waals surface area contributed by atoms with E-state index in [0.29, 0.717) is 12.1 Å². The fourth-order valence-electron chi connectivity index (χ4n) is 2.40. The zero-order valence-corrected chi connectivity index (χ0v) is 10.3. The Morgan fingerprint density at radius 3 is 2.81 bits per heavy atom. The summed E-state index contributed by atoms with van der Waals surface area (Å²) in [5.41, 5.74) is -0.0866. The van der Waals surface area contributed by atoms with Gasteiger partial charge in [0.05, 0.1) is 12.7 Å². The van der Waals surface area contributed by atoms with E-state index < -0.39 is 0 Å². The summed E-state index contributed by atoms with van der Waals surface area (Å²) in [5.74, 6) is 0. The van der Waals surface area contributed by atoms with Crippen LogP contribution in [0.3, 0.4) is 0 Å². The van der Waals surface area contributed by atoms with Gasteiger partial charge < -0.3 is 19.5 Å². The van der Waals surface area contributed by atoms with Crippen molar-refractivity contribution in [2.24, 2.45) is 0 Å². The summed E-state index contributed by atoms with van der Waals surface area (Å²) in [7, 11) is 1.78. The van der Waals surface area contributed by atoms with E-state index in [1.165, 1.54) is 0 Å². The minimum absolute atomic E-state index is 0.0866. The van der Waals surface area contributed by atoms with E-state index in [9.17, 15) is 0 Å². The van der Waals surface area contributed by atoms with Gasteiger partial charge in [-0.15, -0.1) is 0 Å². The van der Waals surface area contributed by atoms with Crippen LogP contribution in [0.2, 0.25) is 0 Å². The fourth-order valence-corrected chi connectivity index (χ4v) is 2.40. The Balaban J connectivity index is 1.64. The van der Waals surface area contributed by atoms with Crippen LogP contribution < -0.4 is 5.32 Å². The second-order valence-corrected chi connectivity index (χ2v) is 4.82. The van der Waals surface area contributed by atoms with Gasteiger partial charge in [0.25, 0.3) is 0 Å². The van der Waals surface area contributed by atoms with Gasteiger partial charge in [-0.25, -0.2) is 0 Å². The van der Waals surface area contributed by atoms with Crippen LogP contribution in [0.1, 0.15) is 26.2 Å². The molecule has 2 rings (SSSR count). The van der Waals surface area contributed by atoms with Gasteiger partial charge >= 0.3 is 0 Å². The lowest BCUT2D eigenvalue weighted by Gasteiger charge is -2.38. The number of rotatable bonds is 6. The molecule has 0 aromatic heterocycles. The molecule has 94 valence electrons. The molecule has 0 spiro atoms. The van der Waals surface area contributed by atoms with Gasteiger partial charge in [0.2, 0.25) is 0 Å². The maximum atomic E-state index is 5.57. The third-order valence-electron chi connectivity index (χ3n) is 3.71. The second kappa shape index (κ2) is 5.45. The first-order valence-electron chi connectivity index (χ1n) is 6.26. The van der Waals surface area contributed by atoms with Crippen molar-refractivity contribution in [3.05, 3.63) is 0 Å². The number of hydrogen-bond donors (Lipinski definition) is 1. The molecule has 1 aliphatic carbocycles. The molecular formula is C12H23NO3. The van der Waals surface area contributed by atoms with Crippen molar-refractivity contribution in [3.63, 3.8) is 0 Å². The Morgan fingerprint density at radius 1 is 1.44 bits per heavy atom. The summed E-state index contributed by atoms with van der Waals surface area (Å²) in [6.07, 6.45) is 3.74. The standard InChI is InChI=1S/C12H23NO3/c1-3-16-11-6-10(7-11)13-8-12(14-2)4-5-15-9-12/h10-11,13H,3-9H2,1-2H3. The summed E-state index contributed by atoms with van der Waals surface area (Å²) >= 11 is 0. The highest BCUT2D eigenvalue weighted by atomic mass is 16.5. The molecule has 1 N–H and O–H groups in total. The normalized spacial score (nSPS) is 38.6. The molecule has 0 amide bonds. The topological polar surface area (TPSA) is 39.7 Å². The van der Waals surface area contributed by atoms with Crippen LogP contribution in [0, 0.1) is 0 Å². The van der Waals surface area contributed by atoms with Crippen molar-refractivity contribution in [1.82, 2.24) is 5.32 Å². The van der Waals surface area contributed by atoms with E-state index in [1.54, 1.807) is 7.11 Å². The fraction of sp³-hybridized carbons (Fsp3) is 1.00. The molecule has 0 aromatic carbocycles. The summed E-state index contributed by atoms with van der Waals surface area (Å²) in [5, 5.41) is 3.56. The third-order valence-corrected chi connectivity index (χ3v) is 3.71. The molecule has 1 heterocycles. The van der Waals surface area contributed by atoms with Gasteiger partial charge in [-0.1, -0.05) is 0 Å². The Morgan fingerprint density at radius 2 is 2.25 bits per heavy atom. The van der Waals surface area contributed by atoms with Crippen molar-refractivity contribution < 1.29 is 14.2 Å². The quantitative estimate of drug-likeness (QED) is 0.736. The number of nitrogens with one attached hydrogen (secondary N) is 1. The molecule has 1 unspecified atom stereocenters. The maximum absolute atomic E-state index is 5.57. The molecule has 0 aromatic rings. The molecule has 1 aliphatic heterocycles. The van der Waals surface area contributed by atoms with Gasteiger partial charge in [-0.2, -0.15) is 0 Å². The SMILES string of the molecule is CCOC1CC(NCC2(OC)CCOC2)C1. The average molecular weight is 229 g/mol. The van der Waals surface area contributed by atoms with Gasteiger partial charge in [0.15, 0.2) is 0 Å². The Bertz CT molecular complexity index is 210. The van der Waals surface area contributed by atoms with Gasteiger partial charge in [-0.3, -0.25) is 0 Å². The van der Waals surface area contributed by atoms with Crippen molar-refractivity contribution in [2.45, 2.75) is 43.9 Å². The average Bonchev–Trinajstić information content (AvgIpc) is 2.71. The molecule has 4 nitrogen and oxygen atoms in total. The highest BCUT2D eigenvalue weighted by molar-refractivity contribution is 4.92. The smallest absolute Gasteiger partial charge is 0.106 e. The summed E-state index contributed by atoms with van der Waals surface area (Å²) in [6, 6.07) is 0.601. The second-order valence-electron chi connectivity index (χ2n) is 4.82. The predicted octanol–water partition coefficient (Wildman–Crippen LogP) is 0.949. The Labute approximate surface area is 97.6 Å². The lowest BCUT2D eigenvalue weighted by atomic mass is 9.88. The van der Waals surface area contributed by atoms with E-state index in [0.717, 1.165) is 45.6 Å². The first kappa shape index (κ1) is 12.3. The lowest BCUT2D eigenvalue weighted by Crippen LogP contribution is -2.52. The zero-order chi connectivity index (χ0) is 11.4. The first-order chi connectivity index (χ1) is 7.78. The van der Waals surface area contributed by atoms with Gasteiger partial charge in [-0.05, 0) is 19.8 Å². The van der Waals surface area contributed by atoms with Crippen molar-refractivity contribution in [1.29, 1.82) is 0 Å². The number of ether oxygens (including phenoxy) is 3. The van der Waals surface area contributed by atoms with E-state index in [-0.39, 0.29) is 5.60 Å². The maximum Gasteiger partial charge on any atom is 0.106 e. The summed E-state index contributed by atoms with van der Waals surface area (Å²) in [6.45, 7) is 5.32. The van der Waals surface area contributed by atoms with Gasteiger partial charge in [0, 0.05) is 39.3 Å². The Kier molecular flexibility index (Phi) is 4.19. The van der Waals surface area contributed by atoms with Crippen LogP contribution in [-0.4, -0.2) is 51.2 Å². The molecular weight excluding hydrogens is 206 g/mol. The van der Waals surface area contributed by atoms with Crippen molar-refractivity contribution >= 4 is 0 Å². The third kappa shape index (κ3) is 2.74. The van der Waals surface area contributed by atoms with Crippen LogP contribution in [0.4, 0.5) is 0 Å². The molecule has 0 radical (unpaired) electrons. The van der Waals surface area contributed by atoms with Crippen LogP contribution in [0.5, 0.6) is 0 Å². The molecule has 4 heteroatoms. The van der Waals surface area contributed by atoms with Crippen LogP contribution in [-0.2, 0) is 14.2 Å². The number of methoxy groups -OCH3 is 1. The highest BCUT2D eigenvalue weighted by Gasteiger charge is 2.37.